The fraction of sp³-hybridized carbons (Fsp3) is 0.625. The van der Waals surface area contributed by atoms with Gasteiger partial charge in [0.15, 0.2) is 5.25 Å². The molecule has 0 aromatic carbocycles. The summed E-state index contributed by atoms with van der Waals surface area (Å²) in [7, 11) is -3.83. The Labute approximate surface area is 93.4 Å². The molecule has 1 aliphatic heterocycles. The molecule has 0 aromatic rings. The van der Waals surface area contributed by atoms with Crippen molar-refractivity contribution in [1.82, 2.24) is 10.0 Å². The number of imide groups is 1. The van der Waals surface area contributed by atoms with Gasteiger partial charge < -0.3 is 0 Å². The van der Waals surface area contributed by atoms with Gasteiger partial charge in [0, 0.05) is 12.3 Å². The van der Waals surface area contributed by atoms with Gasteiger partial charge in [0.05, 0.1) is 0 Å². The van der Waals surface area contributed by atoms with Gasteiger partial charge in [0.25, 0.3) is 5.91 Å². The maximum absolute atomic E-state index is 11.7. The van der Waals surface area contributed by atoms with Crippen molar-refractivity contribution < 1.29 is 18.0 Å². The lowest BCUT2D eigenvalue weighted by molar-refractivity contribution is -0.118. The van der Waals surface area contributed by atoms with Crippen molar-refractivity contribution in [1.29, 1.82) is 0 Å². The summed E-state index contributed by atoms with van der Waals surface area (Å²) in [4.78, 5) is 25.2. The molecule has 16 heavy (non-hydrogen) atoms. The molecule has 90 valence electrons. The standard InChI is InChI=1S/C8H13N3O4S/c1-3-5(2)11-16(14,15)6-4-9-8(13)10-7(6)12/h4-6,11H,3H2,1-2H3,(H,10,12,13). The predicted molar refractivity (Wildman–Crippen MR) is 57.6 cm³/mol. The molecular formula is C8H13N3O4S. The molecule has 2 atom stereocenters. The van der Waals surface area contributed by atoms with Crippen LogP contribution in [-0.2, 0) is 14.8 Å². The van der Waals surface area contributed by atoms with E-state index in [2.05, 4.69) is 9.71 Å². The van der Waals surface area contributed by atoms with Crippen LogP contribution in [0, 0.1) is 0 Å². The smallest absolute Gasteiger partial charge is 0.275 e. The lowest BCUT2D eigenvalue weighted by Gasteiger charge is -2.18. The van der Waals surface area contributed by atoms with Crippen LogP contribution < -0.4 is 10.0 Å². The molecule has 0 bridgehead atoms. The third-order valence-corrected chi connectivity index (χ3v) is 3.86. The zero-order valence-corrected chi connectivity index (χ0v) is 9.74. The van der Waals surface area contributed by atoms with E-state index in [1.54, 1.807) is 6.92 Å². The molecule has 3 amide bonds. The average molecular weight is 247 g/mol. The van der Waals surface area contributed by atoms with Crippen molar-refractivity contribution in [3.8, 4) is 0 Å². The first kappa shape index (κ1) is 12.8. The molecule has 0 radical (unpaired) electrons. The van der Waals surface area contributed by atoms with Gasteiger partial charge in [-0.3, -0.25) is 10.1 Å². The number of sulfonamides is 1. The SMILES string of the molecule is CCC(C)NS(=O)(=O)C1C=NC(=O)NC1=O. The first-order chi connectivity index (χ1) is 7.36. The Morgan fingerprint density at radius 2 is 2.19 bits per heavy atom. The highest BCUT2D eigenvalue weighted by molar-refractivity contribution is 7.91. The average Bonchev–Trinajstić information content (AvgIpc) is 2.16. The Kier molecular flexibility index (Phi) is 3.76. The highest BCUT2D eigenvalue weighted by atomic mass is 32.2. The molecule has 0 saturated carbocycles. The highest BCUT2D eigenvalue weighted by Gasteiger charge is 2.35. The molecule has 7 nitrogen and oxygen atoms in total. The van der Waals surface area contributed by atoms with Crippen molar-refractivity contribution in [3.63, 3.8) is 0 Å². The number of hydrogen-bond acceptors (Lipinski definition) is 4. The fourth-order valence-electron chi connectivity index (χ4n) is 1.07. The third-order valence-electron chi connectivity index (χ3n) is 2.13. The minimum atomic E-state index is -3.83. The molecule has 8 heteroatoms. The number of nitrogens with zero attached hydrogens (tertiary/aromatic N) is 1. The van der Waals surface area contributed by atoms with Crippen LogP contribution >= 0.6 is 0 Å². The molecule has 1 aliphatic rings. The summed E-state index contributed by atoms with van der Waals surface area (Å²) in [5, 5.41) is 0.387. The summed E-state index contributed by atoms with van der Waals surface area (Å²) in [5.74, 6) is -0.879. The Hall–Kier alpha value is -1.28. The number of urea groups is 1. The summed E-state index contributed by atoms with van der Waals surface area (Å²) in [5.41, 5.74) is 0. The number of carbonyl (C=O) groups is 2. The quantitative estimate of drug-likeness (QED) is 0.691. The minimum Gasteiger partial charge on any atom is -0.275 e. The van der Waals surface area contributed by atoms with Gasteiger partial charge in [0.1, 0.15) is 0 Å². The normalized spacial score (nSPS) is 23.0. The lowest BCUT2D eigenvalue weighted by Crippen LogP contribution is -2.51. The molecule has 1 rings (SSSR count). The van der Waals surface area contributed by atoms with Gasteiger partial charge in [-0.2, -0.15) is 0 Å². The zero-order valence-electron chi connectivity index (χ0n) is 8.93. The zero-order chi connectivity index (χ0) is 12.3. The molecule has 2 N–H and O–H groups in total. The minimum absolute atomic E-state index is 0.274. The molecule has 2 unspecified atom stereocenters. The Morgan fingerprint density at radius 1 is 1.56 bits per heavy atom. The second kappa shape index (κ2) is 4.71. The van der Waals surface area contributed by atoms with Crippen molar-refractivity contribution in [2.45, 2.75) is 31.6 Å². The first-order valence-electron chi connectivity index (χ1n) is 4.77. The van der Waals surface area contributed by atoms with E-state index in [-0.39, 0.29) is 6.04 Å². The maximum Gasteiger partial charge on any atom is 0.347 e. The second-order valence-electron chi connectivity index (χ2n) is 3.47. The molecule has 0 saturated heterocycles. The van der Waals surface area contributed by atoms with Crippen molar-refractivity contribution in [3.05, 3.63) is 0 Å². The lowest BCUT2D eigenvalue weighted by atomic mass is 10.3. The summed E-state index contributed by atoms with van der Waals surface area (Å²) < 4.78 is 25.7. The van der Waals surface area contributed by atoms with E-state index in [0.717, 1.165) is 6.21 Å². The molecule has 1 heterocycles. The Bertz CT molecular complexity index is 429. The van der Waals surface area contributed by atoms with E-state index in [4.69, 9.17) is 0 Å². The van der Waals surface area contributed by atoms with E-state index in [9.17, 15) is 18.0 Å². The Balaban J connectivity index is 2.88. The van der Waals surface area contributed by atoms with Crippen LogP contribution in [-0.4, -0.2) is 37.9 Å². The van der Waals surface area contributed by atoms with Crippen LogP contribution in [0.2, 0.25) is 0 Å². The predicted octanol–water partition coefficient (Wildman–Crippen LogP) is -0.606. The molecule has 0 fully saturated rings. The summed E-state index contributed by atoms with van der Waals surface area (Å²) >= 11 is 0. The van der Waals surface area contributed by atoms with Gasteiger partial charge >= 0.3 is 6.03 Å². The van der Waals surface area contributed by atoms with Crippen LogP contribution in [0.3, 0.4) is 0 Å². The molecular weight excluding hydrogens is 234 g/mol. The largest absolute Gasteiger partial charge is 0.347 e. The van der Waals surface area contributed by atoms with Gasteiger partial charge in [-0.15, -0.1) is 0 Å². The van der Waals surface area contributed by atoms with E-state index in [1.165, 1.54) is 0 Å². The van der Waals surface area contributed by atoms with Crippen LogP contribution in [0.4, 0.5) is 4.79 Å². The molecule has 0 spiro atoms. The monoisotopic (exact) mass is 247 g/mol. The van der Waals surface area contributed by atoms with E-state index in [0.29, 0.717) is 6.42 Å². The number of aliphatic imine (C=N–C) groups is 1. The van der Waals surface area contributed by atoms with E-state index < -0.39 is 27.2 Å². The number of hydrogen-bond donors (Lipinski definition) is 2. The summed E-state index contributed by atoms with van der Waals surface area (Å²) in [6.07, 6.45) is 1.44. The number of carbonyl (C=O) groups excluding carboxylic acids is 2. The van der Waals surface area contributed by atoms with E-state index in [1.807, 2.05) is 12.2 Å². The van der Waals surface area contributed by atoms with Crippen molar-refractivity contribution in [2.75, 3.05) is 0 Å². The van der Waals surface area contributed by atoms with E-state index >= 15 is 0 Å². The van der Waals surface area contributed by atoms with Gasteiger partial charge in [-0.25, -0.2) is 22.9 Å². The topological polar surface area (TPSA) is 105 Å². The van der Waals surface area contributed by atoms with Crippen LogP contribution in [0.15, 0.2) is 4.99 Å². The fourth-order valence-corrected chi connectivity index (χ4v) is 2.51. The van der Waals surface area contributed by atoms with Gasteiger partial charge in [-0.05, 0) is 13.3 Å². The van der Waals surface area contributed by atoms with Crippen LogP contribution in [0.1, 0.15) is 20.3 Å². The highest BCUT2D eigenvalue weighted by Crippen LogP contribution is 2.04. The first-order valence-corrected chi connectivity index (χ1v) is 6.31. The number of rotatable bonds is 4. The molecule has 0 aromatic heterocycles. The maximum atomic E-state index is 11.7. The summed E-state index contributed by atoms with van der Waals surface area (Å²) in [6, 6.07) is -1.12. The summed E-state index contributed by atoms with van der Waals surface area (Å²) in [6.45, 7) is 3.49. The Morgan fingerprint density at radius 3 is 2.69 bits per heavy atom. The van der Waals surface area contributed by atoms with Crippen LogP contribution in [0.5, 0.6) is 0 Å². The van der Waals surface area contributed by atoms with Gasteiger partial charge in [0.2, 0.25) is 10.0 Å². The van der Waals surface area contributed by atoms with Crippen LogP contribution in [0.25, 0.3) is 0 Å². The van der Waals surface area contributed by atoms with Crippen molar-refractivity contribution >= 4 is 28.2 Å². The molecule has 0 aliphatic carbocycles. The second-order valence-corrected chi connectivity index (χ2v) is 5.30. The number of amides is 3. The number of nitrogens with one attached hydrogen (secondary N) is 2. The van der Waals surface area contributed by atoms with Crippen molar-refractivity contribution in [2.24, 2.45) is 4.99 Å². The third kappa shape index (κ3) is 2.86. The van der Waals surface area contributed by atoms with Gasteiger partial charge in [-0.1, -0.05) is 6.92 Å².